The Morgan fingerprint density at radius 1 is 1.33 bits per heavy atom. The Bertz CT molecular complexity index is 479. The third-order valence-electron chi connectivity index (χ3n) is 2.18. The topological polar surface area (TPSA) is 38.0 Å². The summed E-state index contributed by atoms with van der Waals surface area (Å²) in [6.07, 6.45) is 3.68. The van der Waals surface area contributed by atoms with Gasteiger partial charge in [0.1, 0.15) is 0 Å². The van der Waals surface area contributed by atoms with E-state index in [0.717, 1.165) is 16.7 Å². The molecule has 0 radical (unpaired) electrons. The second kappa shape index (κ2) is 4.04. The Hall–Kier alpha value is -1.32. The Morgan fingerprint density at radius 2 is 2.13 bits per heavy atom. The first kappa shape index (κ1) is 10.2. The van der Waals surface area contributed by atoms with Gasteiger partial charge in [0.05, 0.1) is 12.8 Å². The van der Waals surface area contributed by atoms with Crippen molar-refractivity contribution in [2.75, 3.05) is 0 Å². The molecule has 4 heteroatoms. The lowest BCUT2D eigenvalue weighted by molar-refractivity contribution is 0.282. The first-order chi connectivity index (χ1) is 7.19. The van der Waals surface area contributed by atoms with Crippen LogP contribution >= 0.6 is 11.6 Å². The standard InChI is InChI=1S/C11H11ClN2O/c1-14-6-10(5-13-14)9-2-8(7-15)3-11(12)4-9/h2-6,15H,7H2,1H3. The molecule has 78 valence electrons. The molecule has 3 nitrogen and oxygen atoms in total. The van der Waals surface area contributed by atoms with Crippen molar-refractivity contribution in [3.05, 3.63) is 41.2 Å². The van der Waals surface area contributed by atoms with Crippen molar-refractivity contribution in [1.29, 1.82) is 0 Å². The molecule has 0 amide bonds. The first-order valence-electron chi connectivity index (χ1n) is 4.58. The number of aromatic nitrogens is 2. The fourth-order valence-corrected chi connectivity index (χ4v) is 1.74. The van der Waals surface area contributed by atoms with Crippen LogP contribution in [-0.2, 0) is 13.7 Å². The van der Waals surface area contributed by atoms with Gasteiger partial charge in [0, 0.05) is 23.8 Å². The molecule has 1 aromatic carbocycles. The maximum Gasteiger partial charge on any atom is 0.0682 e. The van der Waals surface area contributed by atoms with E-state index in [4.69, 9.17) is 16.7 Å². The average molecular weight is 223 g/mol. The molecule has 0 bridgehead atoms. The zero-order valence-corrected chi connectivity index (χ0v) is 9.07. The third-order valence-corrected chi connectivity index (χ3v) is 2.40. The van der Waals surface area contributed by atoms with Crippen molar-refractivity contribution < 1.29 is 5.11 Å². The molecule has 0 spiro atoms. The van der Waals surface area contributed by atoms with Crippen LogP contribution in [0.1, 0.15) is 5.56 Å². The smallest absolute Gasteiger partial charge is 0.0682 e. The van der Waals surface area contributed by atoms with Crippen LogP contribution in [0.4, 0.5) is 0 Å². The van der Waals surface area contributed by atoms with E-state index in [0.29, 0.717) is 5.02 Å². The normalized spacial score (nSPS) is 10.6. The van der Waals surface area contributed by atoms with Crippen LogP contribution in [0.5, 0.6) is 0 Å². The highest BCUT2D eigenvalue weighted by Gasteiger charge is 2.03. The molecule has 0 atom stereocenters. The molecular formula is C11H11ClN2O. The summed E-state index contributed by atoms with van der Waals surface area (Å²) in [4.78, 5) is 0. The average Bonchev–Trinajstić information content (AvgIpc) is 2.64. The lowest BCUT2D eigenvalue weighted by Gasteiger charge is -2.02. The molecule has 2 aromatic rings. The van der Waals surface area contributed by atoms with Crippen LogP contribution < -0.4 is 0 Å². The second-order valence-electron chi connectivity index (χ2n) is 3.41. The van der Waals surface area contributed by atoms with Gasteiger partial charge in [0.25, 0.3) is 0 Å². The summed E-state index contributed by atoms with van der Waals surface area (Å²) in [6, 6.07) is 5.52. The van der Waals surface area contributed by atoms with E-state index < -0.39 is 0 Å². The van der Waals surface area contributed by atoms with Crippen LogP contribution in [-0.4, -0.2) is 14.9 Å². The lowest BCUT2D eigenvalue weighted by atomic mass is 10.1. The Kier molecular flexibility index (Phi) is 2.75. The highest BCUT2D eigenvalue weighted by atomic mass is 35.5. The summed E-state index contributed by atoms with van der Waals surface area (Å²) in [6.45, 7) is -0.00613. The third kappa shape index (κ3) is 2.19. The molecule has 0 saturated heterocycles. The van der Waals surface area contributed by atoms with E-state index >= 15 is 0 Å². The van der Waals surface area contributed by atoms with E-state index in [1.807, 2.05) is 25.4 Å². The number of aryl methyl sites for hydroxylation is 1. The van der Waals surface area contributed by atoms with Gasteiger partial charge in [0.15, 0.2) is 0 Å². The minimum atomic E-state index is -0.00613. The van der Waals surface area contributed by atoms with Crippen molar-refractivity contribution in [2.45, 2.75) is 6.61 Å². The number of aliphatic hydroxyl groups is 1. The number of hydrogen-bond donors (Lipinski definition) is 1. The molecule has 1 heterocycles. The molecule has 0 fully saturated rings. The first-order valence-corrected chi connectivity index (χ1v) is 4.96. The monoisotopic (exact) mass is 222 g/mol. The molecule has 0 aliphatic rings. The van der Waals surface area contributed by atoms with E-state index in [9.17, 15) is 0 Å². The molecule has 0 aliphatic heterocycles. The molecule has 1 N–H and O–H groups in total. The minimum absolute atomic E-state index is 0.00613. The maximum absolute atomic E-state index is 9.06. The molecule has 15 heavy (non-hydrogen) atoms. The quantitative estimate of drug-likeness (QED) is 0.846. The predicted octanol–water partition coefficient (Wildman–Crippen LogP) is 2.23. The van der Waals surface area contributed by atoms with Gasteiger partial charge in [-0.2, -0.15) is 5.10 Å². The SMILES string of the molecule is Cn1cc(-c2cc(Cl)cc(CO)c2)cn1. The molecule has 0 aliphatic carbocycles. The van der Waals surface area contributed by atoms with Crippen molar-refractivity contribution in [3.63, 3.8) is 0 Å². The molecule has 1 aromatic heterocycles. The summed E-state index contributed by atoms with van der Waals surface area (Å²) >= 11 is 5.95. The number of rotatable bonds is 2. The van der Waals surface area contributed by atoms with Crippen LogP contribution in [0, 0.1) is 0 Å². The molecule has 2 rings (SSSR count). The fourth-order valence-electron chi connectivity index (χ4n) is 1.48. The van der Waals surface area contributed by atoms with E-state index in [1.165, 1.54) is 0 Å². The van der Waals surface area contributed by atoms with Crippen molar-refractivity contribution in [3.8, 4) is 11.1 Å². The molecule has 0 unspecified atom stereocenters. The van der Waals surface area contributed by atoms with Crippen LogP contribution in [0.2, 0.25) is 5.02 Å². The predicted molar refractivity (Wildman–Crippen MR) is 59.6 cm³/mol. The van der Waals surface area contributed by atoms with Crippen molar-refractivity contribution in [1.82, 2.24) is 9.78 Å². The van der Waals surface area contributed by atoms with E-state index in [1.54, 1.807) is 16.9 Å². The second-order valence-corrected chi connectivity index (χ2v) is 3.85. The van der Waals surface area contributed by atoms with Gasteiger partial charge in [0.2, 0.25) is 0 Å². The van der Waals surface area contributed by atoms with Crippen LogP contribution in [0.15, 0.2) is 30.6 Å². The molecular weight excluding hydrogens is 212 g/mol. The molecule has 0 saturated carbocycles. The highest BCUT2D eigenvalue weighted by molar-refractivity contribution is 6.30. The van der Waals surface area contributed by atoms with Gasteiger partial charge < -0.3 is 5.11 Å². The summed E-state index contributed by atoms with van der Waals surface area (Å²) in [5.74, 6) is 0. The highest BCUT2D eigenvalue weighted by Crippen LogP contribution is 2.24. The summed E-state index contributed by atoms with van der Waals surface area (Å²) < 4.78 is 1.73. The Labute approximate surface area is 92.9 Å². The largest absolute Gasteiger partial charge is 0.392 e. The van der Waals surface area contributed by atoms with Gasteiger partial charge in [-0.3, -0.25) is 4.68 Å². The van der Waals surface area contributed by atoms with Gasteiger partial charge in [-0.05, 0) is 29.3 Å². The zero-order chi connectivity index (χ0) is 10.8. The summed E-state index contributed by atoms with van der Waals surface area (Å²) in [7, 11) is 1.86. The summed E-state index contributed by atoms with van der Waals surface area (Å²) in [5, 5.41) is 13.8. The van der Waals surface area contributed by atoms with Crippen LogP contribution in [0.3, 0.4) is 0 Å². The Balaban J connectivity index is 2.48. The van der Waals surface area contributed by atoms with E-state index in [2.05, 4.69) is 5.10 Å². The summed E-state index contributed by atoms with van der Waals surface area (Å²) in [5.41, 5.74) is 2.77. The fraction of sp³-hybridized carbons (Fsp3) is 0.182. The minimum Gasteiger partial charge on any atom is -0.392 e. The van der Waals surface area contributed by atoms with Gasteiger partial charge >= 0.3 is 0 Å². The van der Waals surface area contributed by atoms with Gasteiger partial charge in [-0.1, -0.05) is 11.6 Å². The number of aliphatic hydroxyl groups excluding tert-OH is 1. The van der Waals surface area contributed by atoms with E-state index in [-0.39, 0.29) is 6.61 Å². The van der Waals surface area contributed by atoms with Gasteiger partial charge in [-0.25, -0.2) is 0 Å². The number of hydrogen-bond acceptors (Lipinski definition) is 2. The van der Waals surface area contributed by atoms with Crippen molar-refractivity contribution >= 4 is 11.6 Å². The number of nitrogens with zero attached hydrogens (tertiary/aromatic N) is 2. The van der Waals surface area contributed by atoms with Crippen molar-refractivity contribution in [2.24, 2.45) is 7.05 Å². The Morgan fingerprint density at radius 3 is 2.73 bits per heavy atom. The maximum atomic E-state index is 9.06. The number of halogens is 1. The van der Waals surface area contributed by atoms with Gasteiger partial charge in [-0.15, -0.1) is 0 Å². The van der Waals surface area contributed by atoms with Crippen LogP contribution in [0.25, 0.3) is 11.1 Å². The lowest BCUT2D eigenvalue weighted by Crippen LogP contribution is -1.85. The zero-order valence-electron chi connectivity index (χ0n) is 8.31. The number of benzene rings is 1.